The van der Waals surface area contributed by atoms with Crippen molar-refractivity contribution in [1.29, 1.82) is 0 Å². The van der Waals surface area contributed by atoms with Crippen molar-refractivity contribution in [3.8, 4) is 0 Å². The van der Waals surface area contributed by atoms with E-state index in [9.17, 15) is 14.0 Å². The van der Waals surface area contributed by atoms with Gasteiger partial charge in [-0.25, -0.2) is 14.0 Å². The van der Waals surface area contributed by atoms with Crippen molar-refractivity contribution < 1.29 is 23.5 Å². The molecule has 0 spiro atoms. The van der Waals surface area contributed by atoms with Gasteiger partial charge in [0.1, 0.15) is 11.5 Å². The maximum absolute atomic E-state index is 13.7. The lowest BCUT2D eigenvalue weighted by atomic mass is 10.1. The molecule has 26 heavy (non-hydrogen) atoms. The number of rotatable bonds is 4. The van der Waals surface area contributed by atoms with E-state index in [1.807, 2.05) is 26.0 Å². The van der Waals surface area contributed by atoms with Crippen LogP contribution in [0.4, 0.5) is 10.1 Å². The van der Waals surface area contributed by atoms with E-state index >= 15 is 0 Å². The second-order valence-corrected chi connectivity index (χ2v) is 6.15. The molecule has 3 rings (SSSR count). The summed E-state index contributed by atoms with van der Waals surface area (Å²) in [5.41, 5.74) is 2.59. The molecule has 0 amide bonds. The van der Waals surface area contributed by atoms with Crippen LogP contribution in [0.5, 0.6) is 0 Å². The van der Waals surface area contributed by atoms with E-state index in [1.165, 1.54) is 18.2 Å². The predicted octanol–water partition coefficient (Wildman–Crippen LogP) is 4.04. The van der Waals surface area contributed by atoms with Crippen molar-refractivity contribution in [3.05, 3.63) is 75.7 Å². The molecule has 0 radical (unpaired) electrons. The molecule has 7 heteroatoms. The molecule has 1 N–H and O–H groups in total. The van der Waals surface area contributed by atoms with Gasteiger partial charge in [0.05, 0.1) is 5.56 Å². The van der Waals surface area contributed by atoms with Gasteiger partial charge in [-0.1, -0.05) is 29.8 Å². The van der Waals surface area contributed by atoms with Crippen molar-refractivity contribution in [3.63, 3.8) is 0 Å². The number of benzene rings is 2. The molecule has 0 bridgehead atoms. The van der Waals surface area contributed by atoms with Gasteiger partial charge in [-0.15, -0.1) is 0 Å². The van der Waals surface area contributed by atoms with E-state index in [1.54, 1.807) is 6.07 Å². The third kappa shape index (κ3) is 3.55. The molecule has 2 aromatic rings. The minimum absolute atomic E-state index is 0.0876. The first-order chi connectivity index (χ1) is 12.4. The van der Waals surface area contributed by atoms with Crippen LogP contribution >= 0.6 is 11.6 Å². The molecule has 0 aliphatic carbocycles. The first-order valence-electron chi connectivity index (χ1n) is 7.77. The Morgan fingerprint density at radius 3 is 2.62 bits per heavy atom. The average molecular weight is 376 g/mol. The number of cyclic esters (lactones) is 1. The summed E-state index contributed by atoms with van der Waals surface area (Å²) in [6.45, 7) is 3.90. The lowest BCUT2D eigenvalue weighted by molar-refractivity contribution is -0.152. The summed E-state index contributed by atoms with van der Waals surface area (Å²) in [6.07, 6.45) is -1.39. The fourth-order valence-corrected chi connectivity index (χ4v) is 2.56. The number of hydrogen-bond acceptors (Lipinski definition) is 5. The fraction of sp³-hybridized carbons (Fsp3) is 0.158. The monoisotopic (exact) mass is 375 g/mol. The molecule has 1 atom stereocenters. The number of hydrogen-bond donors (Lipinski definition) is 1. The number of anilines is 1. The number of ether oxygens (including phenoxy) is 2. The molecule has 0 aromatic heterocycles. The molecule has 2 aromatic carbocycles. The molecule has 1 aliphatic heterocycles. The van der Waals surface area contributed by atoms with Crippen LogP contribution < -0.4 is 5.32 Å². The Balaban J connectivity index is 1.83. The highest BCUT2D eigenvalue weighted by Gasteiger charge is 2.37. The summed E-state index contributed by atoms with van der Waals surface area (Å²) < 4.78 is 23.8. The number of nitrogens with one attached hydrogen (secondary N) is 1. The fourth-order valence-electron chi connectivity index (χ4n) is 2.38. The number of esters is 2. The van der Waals surface area contributed by atoms with Crippen molar-refractivity contribution >= 4 is 29.2 Å². The summed E-state index contributed by atoms with van der Waals surface area (Å²) in [4.78, 5) is 24.0. The quantitative estimate of drug-likeness (QED) is 0.817. The van der Waals surface area contributed by atoms with Crippen LogP contribution in [0, 0.1) is 19.7 Å². The Kier molecular flexibility index (Phi) is 4.95. The topological polar surface area (TPSA) is 64.6 Å². The Hall–Kier alpha value is -2.86. The van der Waals surface area contributed by atoms with Crippen LogP contribution in [0.3, 0.4) is 0 Å². The van der Waals surface area contributed by atoms with Gasteiger partial charge in [-0.2, -0.15) is 0 Å². The Bertz CT molecular complexity index is 926. The largest absolute Gasteiger partial charge is 0.415 e. The van der Waals surface area contributed by atoms with Crippen LogP contribution in [0.2, 0.25) is 0 Å². The van der Waals surface area contributed by atoms with Gasteiger partial charge in [0.15, 0.2) is 5.03 Å². The van der Waals surface area contributed by atoms with Crippen LogP contribution in [0.15, 0.2) is 53.2 Å². The Morgan fingerprint density at radius 1 is 1.19 bits per heavy atom. The van der Waals surface area contributed by atoms with Gasteiger partial charge in [0, 0.05) is 5.69 Å². The van der Waals surface area contributed by atoms with Gasteiger partial charge in [0.25, 0.3) is 6.29 Å². The van der Waals surface area contributed by atoms with E-state index < -0.39 is 24.0 Å². The number of carbonyl (C=O) groups excluding carboxylic acids is 2. The van der Waals surface area contributed by atoms with Crippen molar-refractivity contribution in [1.82, 2.24) is 0 Å². The Labute approximate surface area is 154 Å². The van der Waals surface area contributed by atoms with Crippen molar-refractivity contribution in [2.75, 3.05) is 5.32 Å². The standard InChI is InChI=1S/C19H15ClFNO4/c1-10-7-8-12(9-11(10)2)22-16-15(20)18(24)26-19(16)25-17(23)13-5-3-4-6-14(13)21/h3-9,19,22H,1-2H3. The molecule has 1 aliphatic rings. The second-order valence-electron chi connectivity index (χ2n) is 5.77. The summed E-state index contributed by atoms with van der Waals surface area (Å²) in [5, 5.41) is 2.71. The number of carbonyl (C=O) groups is 2. The van der Waals surface area contributed by atoms with E-state index in [0.717, 1.165) is 17.2 Å². The summed E-state index contributed by atoms with van der Waals surface area (Å²) in [5.74, 6) is -2.53. The van der Waals surface area contributed by atoms with Crippen molar-refractivity contribution in [2.24, 2.45) is 0 Å². The van der Waals surface area contributed by atoms with E-state index in [0.29, 0.717) is 5.69 Å². The smallest absolute Gasteiger partial charge is 0.355 e. The molecule has 0 fully saturated rings. The van der Waals surface area contributed by atoms with Gasteiger partial charge >= 0.3 is 11.9 Å². The minimum atomic E-state index is -1.39. The van der Waals surface area contributed by atoms with Gasteiger partial charge in [0.2, 0.25) is 0 Å². The normalized spacial score (nSPS) is 16.5. The van der Waals surface area contributed by atoms with E-state index in [2.05, 4.69) is 5.32 Å². The van der Waals surface area contributed by atoms with Crippen molar-refractivity contribution in [2.45, 2.75) is 20.1 Å². The van der Waals surface area contributed by atoms with E-state index in [-0.39, 0.29) is 16.3 Å². The van der Waals surface area contributed by atoms with Gasteiger partial charge in [-0.05, 0) is 49.2 Å². The summed E-state index contributed by atoms with van der Waals surface area (Å²) in [7, 11) is 0. The molecule has 1 heterocycles. The summed E-state index contributed by atoms with van der Waals surface area (Å²) >= 11 is 5.98. The number of halogens is 2. The van der Waals surface area contributed by atoms with Gasteiger partial charge in [-0.3, -0.25) is 0 Å². The highest BCUT2D eigenvalue weighted by atomic mass is 35.5. The van der Waals surface area contributed by atoms with Gasteiger partial charge < -0.3 is 14.8 Å². The average Bonchev–Trinajstić information content (AvgIpc) is 2.86. The lowest BCUT2D eigenvalue weighted by Crippen LogP contribution is -2.24. The SMILES string of the molecule is Cc1ccc(NC2=C(Cl)C(=O)OC2OC(=O)c2ccccc2F)cc1C. The van der Waals surface area contributed by atoms with Crippen LogP contribution in [0.1, 0.15) is 21.5 Å². The zero-order valence-corrected chi connectivity index (χ0v) is 14.8. The predicted molar refractivity (Wildman–Crippen MR) is 94.1 cm³/mol. The highest BCUT2D eigenvalue weighted by Crippen LogP contribution is 2.29. The molecule has 134 valence electrons. The highest BCUT2D eigenvalue weighted by molar-refractivity contribution is 6.42. The molecule has 0 saturated heterocycles. The molecular formula is C19H15ClFNO4. The third-order valence-corrected chi connectivity index (χ3v) is 4.32. The second kappa shape index (κ2) is 7.17. The van der Waals surface area contributed by atoms with Crippen LogP contribution in [0.25, 0.3) is 0 Å². The lowest BCUT2D eigenvalue weighted by Gasteiger charge is -2.17. The first kappa shape index (κ1) is 17.9. The maximum atomic E-state index is 13.7. The zero-order valence-electron chi connectivity index (χ0n) is 14.0. The van der Waals surface area contributed by atoms with Crippen LogP contribution in [-0.2, 0) is 14.3 Å². The molecule has 0 saturated carbocycles. The zero-order chi connectivity index (χ0) is 18.8. The number of aryl methyl sites for hydroxylation is 2. The molecular weight excluding hydrogens is 361 g/mol. The van der Waals surface area contributed by atoms with E-state index in [4.69, 9.17) is 21.1 Å². The Morgan fingerprint density at radius 2 is 1.92 bits per heavy atom. The maximum Gasteiger partial charge on any atom is 0.355 e. The molecule has 5 nitrogen and oxygen atoms in total. The van der Waals surface area contributed by atoms with Crippen LogP contribution in [-0.4, -0.2) is 18.2 Å². The minimum Gasteiger partial charge on any atom is -0.415 e. The third-order valence-electron chi connectivity index (χ3n) is 3.96. The molecule has 1 unspecified atom stereocenters. The summed E-state index contributed by atoms with van der Waals surface area (Å²) in [6, 6.07) is 10.9. The first-order valence-corrected chi connectivity index (χ1v) is 8.15.